The van der Waals surface area contributed by atoms with Crippen LogP contribution in [0.5, 0.6) is 0 Å². The third-order valence-electron chi connectivity index (χ3n) is 2.82. The van der Waals surface area contributed by atoms with Gasteiger partial charge in [0.05, 0.1) is 0 Å². The highest BCUT2D eigenvalue weighted by Gasteiger charge is 2.30. The van der Waals surface area contributed by atoms with E-state index in [0.717, 1.165) is 19.5 Å². The van der Waals surface area contributed by atoms with Gasteiger partial charge in [-0.2, -0.15) is 0 Å². The molecule has 0 aromatic rings. The van der Waals surface area contributed by atoms with E-state index in [9.17, 15) is 4.79 Å². The summed E-state index contributed by atoms with van der Waals surface area (Å²) in [6, 6.07) is 0.0557. The molecule has 1 fully saturated rings. The Balaban J connectivity index is 2.50. The van der Waals surface area contributed by atoms with Crippen molar-refractivity contribution < 1.29 is 4.79 Å². The molecule has 0 saturated carbocycles. The first-order valence-corrected chi connectivity index (χ1v) is 4.98. The van der Waals surface area contributed by atoms with Crippen molar-refractivity contribution in [3.05, 3.63) is 0 Å². The molecule has 1 amide bonds. The SMILES string of the molecule is CCC(C)(C)CN1CC(N)CC1=O. The molecular formula is C10H20N2O. The monoisotopic (exact) mass is 184 g/mol. The first kappa shape index (κ1) is 10.5. The minimum absolute atomic E-state index is 0.0557. The number of carbonyl (C=O) groups excluding carboxylic acids is 1. The summed E-state index contributed by atoms with van der Waals surface area (Å²) in [4.78, 5) is 13.3. The molecule has 1 aliphatic rings. The molecular weight excluding hydrogens is 164 g/mol. The van der Waals surface area contributed by atoms with E-state index < -0.39 is 0 Å². The fourth-order valence-corrected chi connectivity index (χ4v) is 1.58. The molecule has 0 bridgehead atoms. The van der Waals surface area contributed by atoms with Crippen molar-refractivity contribution in [1.29, 1.82) is 0 Å². The molecule has 1 unspecified atom stereocenters. The van der Waals surface area contributed by atoms with E-state index in [1.165, 1.54) is 0 Å². The van der Waals surface area contributed by atoms with E-state index in [0.29, 0.717) is 6.42 Å². The zero-order valence-electron chi connectivity index (χ0n) is 8.84. The molecule has 1 heterocycles. The van der Waals surface area contributed by atoms with Gasteiger partial charge in [-0.15, -0.1) is 0 Å². The Bertz CT molecular complexity index is 201. The highest BCUT2D eigenvalue weighted by molar-refractivity contribution is 5.79. The molecule has 1 rings (SSSR count). The van der Waals surface area contributed by atoms with Gasteiger partial charge in [0.15, 0.2) is 0 Å². The van der Waals surface area contributed by atoms with Gasteiger partial charge in [-0.25, -0.2) is 0 Å². The summed E-state index contributed by atoms with van der Waals surface area (Å²) in [7, 11) is 0. The first-order valence-electron chi connectivity index (χ1n) is 4.98. The van der Waals surface area contributed by atoms with E-state index in [2.05, 4.69) is 20.8 Å². The van der Waals surface area contributed by atoms with Gasteiger partial charge >= 0.3 is 0 Å². The van der Waals surface area contributed by atoms with Crippen LogP contribution in [0.1, 0.15) is 33.6 Å². The van der Waals surface area contributed by atoms with Gasteiger partial charge in [-0.3, -0.25) is 4.79 Å². The Kier molecular flexibility index (Phi) is 2.96. The van der Waals surface area contributed by atoms with Crippen LogP contribution in [0.2, 0.25) is 0 Å². The van der Waals surface area contributed by atoms with Crippen LogP contribution in [0, 0.1) is 5.41 Å². The van der Waals surface area contributed by atoms with E-state index in [-0.39, 0.29) is 17.4 Å². The molecule has 3 heteroatoms. The van der Waals surface area contributed by atoms with Crippen LogP contribution >= 0.6 is 0 Å². The van der Waals surface area contributed by atoms with Gasteiger partial charge in [-0.05, 0) is 11.8 Å². The van der Waals surface area contributed by atoms with Crippen LogP contribution in [-0.4, -0.2) is 29.9 Å². The predicted octanol–water partition coefficient (Wildman–Crippen LogP) is 0.982. The molecule has 13 heavy (non-hydrogen) atoms. The van der Waals surface area contributed by atoms with Gasteiger partial charge in [-0.1, -0.05) is 20.8 Å². The van der Waals surface area contributed by atoms with Crippen LogP contribution in [0.3, 0.4) is 0 Å². The lowest BCUT2D eigenvalue weighted by Gasteiger charge is -2.29. The molecule has 76 valence electrons. The van der Waals surface area contributed by atoms with E-state index in [4.69, 9.17) is 5.73 Å². The van der Waals surface area contributed by atoms with Crippen LogP contribution in [0.25, 0.3) is 0 Å². The second-order valence-electron chi connectivity index (χ2n) is 4.76. The highest BCUT2D eigenvalue weighted by atomic mass is 16.2. The second-order valence-corrected chi connectivity index (χ2v) is 4.76. The van der Waals surface area contributed by atoms with Crippen LogP contribution in [0.15, 0.2) is 0 Å². The minimum Gasteiger partial charge on any atom is -0.341 e. The average molecular weight is 184 g/mol. The number of amides is 1. The molecule has 3 nitrogen and oxygen atoms in total. The van der Waals surface area contributed by atoms with Crippen molar-refractivity contribution in [2.45, 2.75) is 39.7 Å². The standard InChI is InChI=1S/C10H20N2O/c1-4-10(2,3)7-12-6-8(11)5-9(12)13/h8H,4-7,11H2,1-3H3. The lowest BCUT2D eigenvalue weighted by Crippen LogP contribution is -2.36. The quantitative estimate of drug-likeness (QED) is 0.710. The van der Waals surface area contributed by atoms with Gasteiger partial charge in [0.25, 0.3) is 0 Å². The summed E-state index contributed by atoms with van der Waals surface area (Å²) in [5.41, 5.74) is 5.94. The number of carbonyl (C=O) groups is 1. The molecule has 1 saturated heterocycles. The fourth-order valence-electron chi connectivity index (χ4n) is 1.58. The van der Waals surface area contributed by atoms with E-state index >= 15 is 0 Å². The highest BCUT2D eigenvalue weighted by Crippen LogP contribution is 2.23. The molecule has 0 radical (unpaired) electrons. The third kappa shape index (κ3) is 2.69. The fraction of sp³-hybridized carbons (Fsp3) is 0.900. The summed E-state index contributed by atoms with van der Waals surface area (Å²) in [6.45, 7) is 8.10. The van der Waals surface area contributed by atoms with Gasteiger partial charge in [0.1, 0.15) is 0 Å². The van der Waals surface area contributed by atoms with Crippen LogP contribution < -0.4 is 5.73 Å². The Morgan fingerprint density at radius 1 is 1.62 bits per heavy atom. The van der Waals surface area contributed by atoms with Crippen LogP contribution in [0.4, 0.5) is 0 Å². The zero-order valence-corrected chi connectivity index (χ0v) is 8.84. The summed E-state index contributed by atoms with van der Waals surface area (Å²) < 4.78 is 0. The second kappa shape index (κ2) is 3.66. The summed E-state index contributed by atoms with van der Waals surface area (Å²) in [5, 5.41) is 0. The van der Waals surface area contributed by atoms with Gasteiger partial charge < -0.3 is 10.6 Å². The van der Waals surface area contributed by atoms with Crippen molar-refractivity contribution in [2.75, 3.05) is 13.1 Å². The average Bonchev–Trinajstić information content (AvgIpc) is 2.30. The van der Waals surface area contributed by atoms with Crippen molar-refractivity contribution in [3.8, 4) is 0 Å². The van der Waals surface area contributed by atoms with Crippen molar-refractivity contribution >= 4 is 5.91 Å². The predicted molar refractivity (Wildman–Crippen MR) is 53.2 cm³/mol. The molecule has 0 aromatic carbocycles. The van der Waals surface area contributed by atoms with Gasteiger partial charge in [0.2, 0.25) is 5.91 Å². The Hall–Kier alpha value is -0.570. The number of nitrogens with two attached hydrogens (primary N) is 1. The number of hydrogen-bond donors (Lipinski definition) is 1. The number of rotatable bonds is 3. The number of likely N-dealkylation sites (tertiary alicyclic amines) is 1. The Labute approximate surface area is 80.3 Å². The molecule has 0 aromatic heterocycles. The topological polar surface area (TPSA) is 46.3 Å². The lowest BCUT2D eigenvalue weighted by molar-refractivity contribution is -0.128. The maximum absolute atomic E-state index is 11.4. The van der Waals surface area contributed by atoms with Crippen molar-refractivity contribution in [1.82, 2.24) is 4.90 Å². The zero-order chi connectivity index (χ0) is 10.1. The van der Waals surface area contributed by atoms with E-state index in [1.807, 2.05) is 4.90 Å². The Morgan fingerprint density at radius 3 is 2.62 bits per heavy atom. The normalized spacial score (nSPS) is 24.2. The summed E-state index contributed by atoms with van der Waals surface area (Å²) in [6.07, 6.45) is 1.62. The van der Waals surface area contributed by atoms with Gasteiger partial charge in [0, 0.05) is 25.6 Å². The maximum Gasteiger partial charge on any atom is 0.224 e. The molecule has 1 atom stereocenters. The lowest BCUT2D eigenvalue weighted by atomic mass is 9.90. The molecule has 0 aliphatic carbocycles. The van der Waals surface area contributed by atoms with Crippen LogP contribution in [-0.2, 0) is 4.79 Å². The van der Waals surface area contributed by atoms with E-state index in [1.54, 1.807) is 0 Å². The third-order valence-corrected chi connectivity index (χ3v) is 2.82. The number of nitrogens with zero attached hydrogens (tertiary/aromatic N) is 1. The summed E-state index contributed by atoms with van der Waals surface area (Å²) >= 11 is 0. The van der Waals surface area contributed by atoms with Crippen molar-refractivity contribution in [3.63, 3.8) is 0 Å². The summed E-state index contributed by atoms with van der Waals surface area (Å²) in [5.74, 6) is 0.217. The van der Waals surface area contributed by atoms with Crippen molar-refractivity contribution in [2.24, 2.45) is 11.1 Å². The molecule has 2 N–H and O–H groups in total. The minimum atomic E-state index is 0.0557. The smallest absolute Gasteiger partial charge is 0.224 e. The molecule has 0 spiro atoms. The largest absolute Gasteiger partial charge is 0.341 e. The maximum atomic E-state index is 11.4. The number of hydrogen-bond acceptors (Lipinski definition) is 2. The first-order chi connectivity index (χ1) is 5.94. The Morgan fingerprint density at radius 2 is 2.23 bits per heavy atom. The molecule has 1 aliphatic heterocycles.